The molecule has 0 aromatic heterocycles. The zero-order chi connectivity index (χ0) is 13.3. The third kappa shape index (κ3) is 2.46. The van der Waals surface area contributed by atoms with Gasteiger partial charge in [0.25, 0.3) is 0 Å². The van der Waals surface area contributed by atoms with E-state index in [0.29, 0.717) is 11.0 Å². The number of ether oxygens (including phenoxy) is 1. The standard InChI is InChI=1S/C15H19NO2S/c1-18-14(17)11-4-5-13-12(8-11)16-9-15(10-19-13)6-2-3-7-15/h4-5,8,16H,2-3,6-7,9-10H2,1H3. The Hall–Kier alpha value is -1.16. The van der Waals surface area contributed by atoms with Gasteiger partial charge < -0.3 is 10.1 Å². The number of hydrogen-bond acceptors (Lipinski definition) is 4. The van der Waals surface area contributed by atoms with Crippen LogP contribution in [0.15, 0.2) is 23.1 Å². The second-order valence-corrected chi connectivity index (χ2v) is 6.57. The van der Waals surface area contributed by atoms with Gasteiger partial charge in [0.1, 0.15) is 0 Å². The molecule has 1 fully saturated rings. The molecule has 0 amide bonds. The molecule has 1 spiro atoms. The van der Waals surface area contributed by atoms with Crippen molar-refractivity contribution < 1.29 is 9.53 Å². The minimum Gasteiger partial charge on any atom is -0.465 e. The maximum atomic E-state index is 11.6. The van der Waals surface area contributed by atoms with Crippen LogP contribution in [0.3, 0.4) is 0 Å². The summed E-state index contributed by atoms with van der Waals surface area (Å²) in [6.07, 6.45) is 5.35. The molecule has 1 saturated carbocycles. The molecule has 0 saturated heterocycles. The van der Waals surface area contributed by atoms with Gasteiger partial charge in [0.15, 0.2) is 0 Å². The van der Waals surface area contributed by atoms with Gasteiger partial charge in [-0.05, 0) is 36.5 Å². The fourth-order valence-electron chi connectivity index (χ4n) is 3.05. The van der Waals surface area contributed by atoms with Crippen molar-refractivity contribution in [2.24, 2.45) is 5.41 Å². The smallest absolute Gasteiger partial charge is 0.337 e. The quantitative estimate of drug-likeness (QED) is 0.797. The molecular formula is C15H19NO2S. The van der Waals surface area contributed by atoms with Crippen LogP contribution in [-0.4, -0.2) is 25.4 Å². The normalized spacial score (nSPS) is 20.5. The first kappa shape index (κ1) is 12.9. The molecule has 3 nitrogen and oxygen atoms in total. The summed E-state index contributed by atoms with van der Waals surface area (Å²) in [7, 11) is 1.42. The lowest BCUT2D eigenvalue weighted by Crippen LogP contribution is -2.27. The second-order valence-electron chi connectivity index (χ2n) is 5.55. The fraction of sp³-hybridized carbons (Fsp3) is 0.533. The Morgan fingerprint density at radius 3 is 2.89 bits per heavy atom. The number of benzene rings is 1. The van der Waals surface area contributed by atoms with Crippen LogP contribution in [0.4, 0.5) is 5.69 Å². The summed E-state index contributed by atoms with van der Waals surface area (Å²) in [5, 5.41) is 3.55. The van der Waals surface area contributed by atoms with Crippen molar-refractivity contribution in [3.05, 3.63) is 23.8 Å². The van der Waals surface area contributed by atoms with Gasteiger partial charge in [-0.3, -0.25) is 0 Å². The molecule has 2 aliphatic rings. The van der Waals surface area contributed by atoms with E-state index in [1.807, 2.05) is 30.0 Å². The average molecular weight is 277 g/mol. The van der Waals surface area contributed by atoms with E-state index in [0.717, 1.165) is 12.2 Å². The molecule has 102 valence electrons. The molecule has 1 N–H and O–H groups in total. The molecule has 0 unspecified atom stereocenters. The highest BCUT2D eigenvalue weighted by atomic mass is 32.2. The molecule has 1 aromatic rings. The minimum atomic E-state index is -0.269. The molecule has 0 radical (unpaired) electrons. The summed E-state index contributed by atoms with van der Waals surface area (Å²) in [4.78, 5) is 12.8. The Bertz CT molecular complexity index is 495. The molecule has 1 aromatic carbocycles. The zero-order valence-corrected chi connectivity index (χ0v) is 12.0. The van der Waals surface area contributed by atoms with Gasteiger partial charge in [-0.25, -0.2) is 4.79 Å². The number of esters is 1. The SMILES string of the molecule is COC(=O)c1ccc2c(c1)NCC1(CCCC1)CS2. The van der Waals surface area contributed by atoms with Crippen LogP contribution in [0.1, 0.15) is 36.0 Å². The number of hydrogen-bond donors (Lipinski definition) is 1. The summed E-state index contributed by atoms with van der Waals surface area (Å²) in [6, 6.07) is 5.81. The third-order valence-electron chi connectivity index (χ3n) is 4.25. The lowest BCUT2D eigenvalue weighted by atomic mass is 9.88. The number of anilines is 1. The van der Waals surface area contributed by atoms with E-state index < -0.39 is 0 Å². The Kier molecular flexibility index (Phi) is 3.44. The van der Waals surface area contributed by atoms with E-state index in [-0.39, 0.29) is 5.97 Å². The summed E-state index contributed by atoms with van der Waals surface area (Å²) in [5.74, 6) is 0.916. The van der Waals surface area contributed by atoms with Crippen molar-refractivity contribution in [3.8, 4) is 0 Å². The molecule has 1 aliphatic heterocycles. The number of thioether (sulfide) groups is 1. The topological polar surface area (TPSA) is 38.3 Å². The van der Waals surface area contributed by atoms with E-state index in [1.54, 1.807) is 0 Å². The van der Waals surface area contributed by atoms with E-state index >= 15 is 0 Å². The van der Waals surface area contributed by atoms with Gasteiger partial charge in [0.2, 0.25) is 0 Å². The predicted molar refractivity (Wildman–Crippen MR) is 77.9 cm³/mol. The summed E-state index contributed by atoms with van der Waals surface area (Å²) < 4.78 is 4.78. The maximum absolute atomic E-state index is 11.6. The Morgan fingerprint density at radius 2 is 2.16 bits per heavy atom. The van der Waals surface area contributed by atoms with E-state index in [9.17, 15) is 4.79 Å². The first-order valence-corrected chi connectivity index (χ1v) is 7.80. The van der Waals surface area contributed by atoms with Gasteiger partial charge in [-0.15, -0.1) is 11.8 Å². The van der Waals surface area contributed by atoms with Crippen molar-refractivity contribution in [3.63, 3.8) is 0 Å². The lowest BCUT2D eigenvalue weighted by molar-refractivity contribution is 0.0600. The Morgan fingerprint density at radius 1 is 1.37 bits per heavy atom. The molecular weight excluding hydrogens is 258 g/mol. The predicted octanol–water partition coefficient (Wildman–Crippen LogP) is 3.55. The highest BCUT2D eigenvalue weighted by molar-refractivity contribution is 7.99. The summed E-state index contributed by atoms with van der Waals surface area (Å²) in [5.41, 5.74) is 2.16. The van der Waals surface area contributed by atoms with Crippen LogP contribution >= 0.6 is 11.8 Å². The number of nitrogens with one attached hydrogen (secondary N) is 1. The van der Waals surface area contributed by atoms with E-state index in [2.05, 4.69) is 5.32 Å². The molecule has 1 aliphatic carbocycles. The highest BCUT2D eigenvalue weighted by Gasteiger charge is 2.35. The minimum absolute atomic E-state index is 0.269. The Balaban J connectivity index is 1.84. The number of methoxy groups -OCH3 is 1. The molecule has 19 heavy (non-hydrogen) atoms. The number of rotatable bonds is 1. The molecule has 3 rings (SSSR count). The first-order chi connectivity index (χ1) is 9.22. The van der Waals surface area contributed by atoms with Crippen molar-refractivity contribution in [1.29, 1.82) is 0 Å². The highest BCUT2D eigenvalue weighted by Crippen LogP contribution is 2.46. The van der Waals surface area contributed by atoms with Crippen LogP contribution in [0.25, 0.3) is 0 Å². The van der Waals surface area contributed by atoms with Gasteiger partial charge in [-0.2, -0.15) is 0 Å². The van der Waals surface area contributed by atoms with E-state index in [1.165, 1.54) is 43.4 Å². The van der Waals surface area contributed by atoms with Crippen LogP contribution in [0.2, 0.25) is 0 Å². The van der Waals surface area contributed by atoms with Crippen LogP contribution < -0.4 is 5.32 Å². The maximum Gasteiger partial charge on any atom is 0.337 e. The number of carbonyl (C=O) groups is 1. The van der Waals surface area contributed by atoms with Crippen molar-refractivity contribution in [2.45, 2.75) is 30.6 Å². The molecule has 0 atom stereocenters. The lowest BCUT2D eigenvalue weighted by Gasteiger charge is -2.26. The van der Waals surface area contributed by atoms with Crippen LogP contribution in [0, 0.1) is 5.41 Å². The van der Waals surface area contributed by atoms with E-state index in [4.69, 9.17) is 4.74 Å². The van der Waals surface area contributed by atoms with Crippen LogP contribution in [0.5, 0.6) is 0 Å². The first-order valence-electron chi connectivity index (χ1n) is 6.82. The molecule has 1 heterocycles. The molecule has 4 heteroatoms. The zero-order valence-electron chi connectivity index (χ0n) is 11.2. The monoisotopic (exact) mass is 277 g/mol. The van der Waals surface area contributed by atoms with Crippen molar-refractivity contribution in [1.82, 2.24) is 0 Å². The largest absolute Gasteiger partial charge is 0.465 e. The fourth-order valence-corrected chi connectivity index (χ4v) is 4.35. The second kappa shape index (κ2) is 5.08. The number of fused-ring (bicyclic) bond motifs is 1. The number of carbonyl (C=O) groups excluding carboxylic acids is 1. The summed E-state index contributed by atoms with van der Waals surface area (Å²) in [6.45, 7) is 1.03. The van der Waals surface area contributed by atoms with Crippen molar-refractivity contribution >= 4 is 23.4 Å². The van der Waals surface area contributed by atoms with Gasteiger partial charge in [-0.1, -0.05) is 12.8 Å². The van der Waals surface area contributed by atoms with Crippen LogP contribution in [-0.2, 0) is 4.74 Å². The third-order valence-corrected chi connectivity index (χ3v) is 5.68. The Labute approximate surface area is 118 Å². The van der Waals surface area contributed by atoms with Gasteiger partial charge >= 0.3 is 5.97 Å². The summed E-state index contributed by atoms with van der Waals surface area (Å²) >= 11 is 1.92. The van der Waals surface area contributed by atoms with Gasteiger partial charge in [0.05, 0.1) is 12.7 Å². The van der Waals surface area contributed by atoms with Crippen molar-refractivity contribution in [2.75, 3.05) is 24.7 Å². The van der Waals surface area contributed by atoms with Gasteiger partial charge in [0, 0.05) is 22.9 Å². The molecule has 0 bridgehead atoms. The average Bonchev–Trinajstić information content (AvgIpc) is 2.83.